The van der Waals surface area contributed by atoms with E-state index in [1.165, 1.54) is 4.80 Å². The summed E-state index contributed by atoms with van der Waals surface area (Å²) >= 11 is 1.55. The maximum atomic E-state index is 4.06. The monoisotopic (exact) mass is 196 g/mol. The predicted molar refractivity (Wildman–Crippen MR) is 46.9 cm³/mol. The van der Waals surface area contributed by atoms with E-state index in [2.05, 4.69) is 25.4 Å². The van der Waals surface area contributed by atoms with Crippen LogP contribution < -0.4 is 0 Å². The SMILES string of the molecule is Cn1nnc(CSc2ncc[nH]2)n1. The average molecular weight is 196 g/mol. The highest BCUT2D eigenvalue weighted by molar-refractivity contribution is 7.98. The molecule has 2 rings (SSSR count). The van der Waals surface area contributed by atoms with Crippen LogP contribution in [0.5, 0.6) is 0 Å². The van der Waals surface area contributed by atoms with Gasteiger partial charge < -0.3 is 4.98 Å². The van der Waals surface area contributed by atoms with Gasteiger partial charge in [0, 0.05) is 12.4 Å². The van der Waals surface area contributed by atoms with Gasteiger partial charge in [-0.1, -0.05) is 11.8 Å². The first-order valence-corrected chi connectivity index (χ1v) is 4.68. The molecular formula is C6H8N6S. The Morgan fingerprint density at radius 1 is 1.62 bits per heavy atom. The van der Waals surface area contributed by atoms with E-state index in [9.17, 15) is 0 Å². The highest BCUT2D eigenvalue weighted by Gasteiger charge is 2.02. The summed E-state index contributed by atoms with van der Waals surface area (Å²) in [5.74, 6) is 1.39. The maximum absolute atomic E-state index is 4.06. The second-order valence-corrected chi connectivity index (χ2v) is 3.34. The Balaban J connectivity index is 1.93. The molecule has 0 radical (unpaired) electrons. The molecule has 0 fully saturated rings. The number of aryl methyl sites for hydroxylation is 1. The molecule has 0 saturated carbocycles. The molecule has 1 N–H and O–H groups in total. The molecular weight excluding hydrogens is 188 g/mol. The van der Waals surface area contributed by atoms with Crippen molar-refractivity contribution in [3.05, 3.63) is 18.2 Å². The van der Waals surface area contributed by atoms with Gasteiger partial charge >= 0.3 is 0 Å². The van der Waals surface area contributed by atoms with Crippen LogP contribution in [0.4, 0.5) is 0 Å². The largest absolute Gasteiger partial charge is 0.340 e. The third kappa shape index (κ3) is 2.05. The molecule has 13 heavy (non-hydrogen) atoms. The summed E-state index contributed by atoms with van der Waals surface area (Å²) in [6.07, 6.45) is 3.50. The van der Waals surface area contributed by atoms with Crippen LogP contribution in [0.1, 0.15) is 5.82 Å². The quantitative estimate of drug-likeness (QED) is 0.711. The minimum absolute atomic E-state index is 0.682. The lowest BCUT2D eigenvalue weighted by molar-refractivity contribution is 0.628. The molecule has 2 aromatic rings. The summed E-state index contributed by atoms with van der Waals surface area (Å²) in [6.45, 7) is 0. The minimum Gasteiger partial charge on any atom is -0.340 e. The molecule has 0 saturated heterocycles. The summed E-state index contributed by atoms with van der Waals surface area (Å²) in [6, 6.07) is 0. The average Bonchev–Trinajstić information content (AvgIpc) is 2.71. The van der Waals surface area contributed by atoms with Crippen LogP contribution in [-0.2, 0) is 12.8 Å². The topological polar surface area (TPSA) is 72.3 Å². The van der Waals surface area contributed by atoms with Gasteiger partial charge in [-0.15, -0.1) is 10.2 Å². The molecule has 0 aliphatic carbocycles. The van der Waals surface area contributed by atoms with Gasteiger partial charge in [0.1, 0.15) is 0 Å². The van der Waals surface area contributed by atoms with Gasteiger partial charge in [0.25, 0.3) is 0 Å². The van der Waals surface area contributed by atoms with Gasteiger partial charge in [0.15, 0.2) is 11.0 Å². The smallest absolute Gasteiger partial charge is 0.185 e. The molecule has 6 nitrogen and oxygen atoms in total. The van der Waals surface area contributed by atoms with Gasteiger partial charge in [-0.05, 0) is 5.21 Å². The molecule has 0 aliphatic heterocycles. The van der Waals surface area contributed by atoms with Crippen LogP contribution >= 0.6 is 11.8 Å². The van der Waals surface area contributed by atoms with Gasteiger partial charge in [-0.2, -0.15) is 4.80 Å². The highest BCUT2D eigenvalue weighted by Crippen LogP contribution is 2.15. The first-order valence-electron chi connectivity index (χ1n) is 3.69. The molecule has 68 valence electrons. The molecule has 0 unspecified atom stereocenters. The summed E-state index contributed by atoms with van der Waals surface area (Å²) in [4.78, 5) is 8.49. The Bertz CT molecular complexity index is 366. The van der Waals surface area contributed by atoms with Crippen LogP contribution in [-0.4, -0.2) is 30.2 Å². The van der Waals surface area contributed by atoms with Crippen LogP contribution in [0.15, 0.2) is 17.6 Å². The number of nitrogens with one attached hydrogen (secondary N) is 1. The number of tetrazole rings is 1. The lowest BCUT2D eigenvalue weighted by atomic mass is 10.8. The molecule has 0 spiro atoms. The van der Waals surface area contributed by atoms with Crippen molar-refractivity contribution in [3.8, 4) is 0 Å². The summed E-state index contributed by atoms with van der Waals surface area (Å²) in [5.41, 5.74) is 0. The van der Waals surface area contributed by atoms with E-state index in [1.807, 2.05) is 0 Å². The number of hydrogen-bond donors (Lipinski definition) is 1. The zero-order valence-electron chi connectivity index (χ0n) is 7.01. The normalized spacial score (nSPS) is 10.5. The molecule has 0 atom stereocenters. The predicted octanol–water partition coefficient (Wildman–Crippen LogP) is 0.225. The van der Waals surface area contributed by atoms with E-state index in [1.54, 1.807) is 31.2 Å². The zero-order chi connectivity index (χ0) is 9.10. The minimum atomic E-state index is 0.682. The van der Waals surface area contributed by atoms with Crippen LogP contribution in [0.25, 0.3) is 0 Å². The lowest BCUT2D eigenvalue weighted by Gasteiger charge is -1.90. The number of imidazole rings is 1. The fraction of sp³-hybridized carbons (Fsp3) is 0.333. The molecule has 7 heteroatoms. The Morgan fingerprint density at radius 3 is 3.15 bits per heavy atom. The standard InChI is InChI=1S/C6H8N6S/c1-12-10-5(9-11-12)4-13-6-7-2-3-8-6/h2-3H,4H2,1H3,(H,7,8). The van der Waals surface area contributed by atoms with E-state index >= 15 is 0 Å². The third-order valence-corrected chi connectivity index (χ3v) is 2.26. The summed E-state index contributed by atoms with van der Waals surface area (Å²) in [5, 5.41) is 12.5. The van der Waals surface area contributed by atoms with Crippen molar-refractivity contribution < 1.29 is 0 Å². The number of aromatic nitrogens is 6. The Hall–Kier alpha value is -1.37. The first kappa shape index (κ1) is 8.24. The van der Waals surface area contributed by atoms with Crippen molar-refractivity contribution in [2.75, 3.05) is 0 Å². The number of thioether (sulfide) groups is 1. The van der Waals surface area contributed by atoms with Crippen molar-refractivity contribution in [1.29, 1.82) is 0 Å². The second-order valence-electron chi connectivity index (χ2n) is 2.38. The fourth-order valence-electron chi connectivity index (χ4n) is 0.844. The molecule has 0 bridgehead atoms. The van der Waals surface area contributed by atoms with Gasteiger partial charge in [0.2, 0.25) is 0 Å². The number of nitrogens with zero attached hydrogens (tertiary/aromatic N) is 5. The summed E-state index contributed by atoms with van der Waals surface area (Å²) < 4.78 is 0. The highest BCUT2D eigenvalue weighted by atomic mass is 32.2. The number of aromatic amines is 1. The number of rotatable bonds is 3. The summed E-state index contributed by atoms with van der Waals surface area (Å²) in [7, 11) is 1.74. The molecule has 0 aromatic carbocycles. The van der Waals surface area contributed by atoms with E-state index < -0.39 is 0 Å². The van der Waals surface area contributed by atoms with E-state index in [4.69, 9.17) is 0 Å². The van der Waals surface area contributed by atoms with Crippen LogP contribution in [0.3, 0.4) is 0 Å². The Labute approximate surface area is 78.8 Å². The van der Waals surface area contributed by atoms with E-state index in [0.29, 0.717) is 11.6 Å². The van der Waals surface area contributed by atoms with Gasteiger partial charge in [-0.25, -0.2) is 4.98 Å². The Morgan fingerprint density at radius 2 is 2.54 bits per heavy atom. The number of H-pyrrole nitrogens is 1. The number of hydrogen-bond acceptors (Lipinski definition) is 5. The third-order valence-electron chi connectivity index (χ3n) is 1.36. The fourth-order valence-corrected chi connectivity index (χ4v) is 1.51. The van der Waals surface area contributed by atoms with Crippen molar-refractivity contribution in [2.45, 2.75) is 10.9 Å². The molecule has 0 amide bonds. The van der Waals surface area contributed by atoms with Crippen LogP contribution in [0, 0.1) is 0 Å². The van der Waals surface area contributed by atoms with Gasteiger partial charge in [0.05, 0.1) is 12.8 Å². The van der Waals surface area contributed by atoms with Crippen molar-refractivity contribution in [3.63, 3.8) is 0 Å². The Kier molecular flexibility index (Phi) is 2.26. The molecule has 2 aromatic heterocycles. The maximum Gasteiger partial charge on any atom is 0.185 e. The van der Waals surface area contributed by atoms with E-state index in [-0.39, 0.29) is 0 Å². The lowest BCUT2D eigenvalue weighted by Crippen LogP contribution is -1.92. The van der Waals surface area contributed by atoms with Crippen molar-refractivity contribution >= 4 is 11.8 Å². The molecule has 0 aliphatic rings. The van der Waals surface area contributed by atoms with Gasteiger partial charge in [-0.3, -0.25) is 0 Å². The van der Waals surface area contributed by atoms with E-state index in [0.717, 1.165) is 5.16 Å². The van der Waals surface area contributed by atoms with Crippen LogP contribution in [0.2, 0.25) is 0 Å². The van der Waals surface area contributed by atoms with Crippen molar-refractivity contribution in [2.24, 2.45) is 7.05 Å². The van der Waals surface area contributed by atoms with Crippen molar-refractivity contribution in [1.82, 2.24) is 30.2 Å². The first-order chi connectivity index (χ1) is 6.34. The zero-order valence-corrected chi connectivity index (χ0v) is 7.82. The molecule has 2 heterocycles. The second kappa shape index (κ2) is 3.56.